The lowest BCUT2D eigenvalue weighted by atomic mass is 9.93. The molecule has 0 saturated carbocycles. The van der Waals surface area contributed by atoms with Crippen molar-refractivity contribution in [3.05, 3.63) is 71.8 Å². The van der Waals surface area contributed by atoms with Crippen molar-refractivity contribution in [2.75, 3.05) is 26.3 Å². The molecule has 2 atom stereocenters. The number of ketones is 1. The molecule has 0 aromatic heterocycles. The average molecular weight is 311 g/mol. The molecule has 1 N–H and O–H groups in total. The predicted octanol–water partition coefficient (Wildman–Crippen LogP) is 2.30. The summed E-state index contributed by atoms with van der Waals surface area (Å²) >= 11 is 0. The molecule has 0 amide bonds. The van der Waals surface area contributed by atoms with Gasteiger partial charge in [0.1, 0.15) is 6.10 Å². The van der Waals surface area contributed by atoms with E-state index < -0.39 is 6.10 Å². The van der Waals surface area contributed by atoms with Crippen molar-refractivity contribution in [3.63, 3.8) is 0 Å². The zero-order valence-corrected chi connectivity index (χ0v) is 13.0. The second-order valence-corrected chi connectivity index (χ2v) is 5.68. The van der Waals surface area contributed by atoms with E-state index in [1.54, 1.807) is 12.1 Å². The van der Waals surface area contributed by atoms with Crippen LogP contribution in [0.1, 0.15) is 22.0 Å². The van der Waals surface area contributed by atoms with Gasteiger partial charge in [-0.15, -0.1) is 0 Å². The zero-order chi connectivity index (χ0) is 16.1. The van der Waals surface area contributed by atoms with Gasteiger partial charge in [0.15, 0.2) is 5.78 Å². The monoisotopic (exact) mass is 311 g/mol. The molecule has 0 aliphatic carbocycles. The third-order valence-electron chi connectivity index (χ3n) is 4.21. The highest BCUT2D eigenvalue weighted by molar-refractivity contribution is 5.99. The molecule has 4 heteroatoms. The van der Waals surface area contributed by atoms with Crippen LogP contribution in [0.5, 0.6) is 0 Å². The maximum Gasteiger partial charge on any atom is 0.193 e. The third kappa shape index (κ3) is 3.67. The number of morpholine rings is 1. The Morgan fingerprint density at radius 2 is 1.52 bits per heavy atom. The number of carbonyl (C=O) groups excluding carboxylic acids is 1. The molecule has 1 saturated heterocycles. The molecule has 1 heterocycles. The first-order chi connectivity index (χ1) is 11.3. The van der Waals surface area contributed by atoms with Crippen LogP contribution in [0.4, 0.5) is 0 Å². The van der Waals surface area contributed by atoms with Crippen LogP contribution in [0, 0.1) is 0 Å². The van der Waals surface area contributed by atoms with Gasteiger partial charge in [0.25, 0.3) is 0 Å². The van der Waals surface area contributed by atoms with Crippen molar-refractivity contribution < 1.29 is 14.6 Å². The van der Waals surface area contributed by atoms with Crippen LogP contribution in [0.2, 0.25) is 0 Å². The largest absolute Gasteiger partial charge is 0.383 e. The molecule has 120 valence electrons. The molecule has 1 aliphatic heterocycles. The molecule has 0 bridgehead atoms. The van der Waals surface area contributed by atoms with Gasteiger partial charge in [-0.05, 0) is 5.56 Å². The molecule has 2 aromatic carbocycles. The maximum atomic E-state index is 12.7. The Balaban J connectivity index is 1.89. The molecular formula is C19H21NO3. The van der Waals surface area contributed by atoms with Crippen LogP contribution in [0.3, 0.4) is 0 Å². The van der Waals surface area contributed by atoms with Crippen LogP contribution in [-0.2, 0) is 4.74 Å². The topological polar surface area (TPSA) is 49.8 Å². The van der Waals surface area contributed by atoms with Crippen molar-refractivity contribution >= 4 is 5.78 Å². The number of hydrogen-bond acceptors (Lipinski definition) is 4. The fourth-order valence-corrected chi connectivity index (χ4v) is 3.02. The van der Waals surface area contributed by atoms with Crippen LogP contribution in [0.25, 0.3) is 0 Å². The summed E-state index contributed by atoms with van der Waals surface area (Å²) in [4.78, 5) is 14.8. The number of Topliss-reactive ketones (excluding diaryl/α,β-unsaturated/α-hetero) is 1. The van der Waals surface area contributed by atoms with Gasteiger partial charge in [-0.3, -0.25) is 9.69 Å². The summed E-state index contributed by atoms with van der Waals surface area (Å²) in [5.74, 6) is -0.244. The second kappa shape index (κ2) is 7.51. The number of ether oxygens (including phenoxy) is 1. The number of carbonyl (C=O) groups is 1. The molecule has 0 radical (unpaired) electrons. The lowest BCUT2D eigenvalue weighted by Crippen LogP contribution is -2.46. The molecule has 3 rings (SSSR count). The standard InChI is InChI=1S/C19H21NO3/c21-18(16-9-5-2-6-10-16)19(22)17(15-7-3-1-4-8-15)20-11-13-23-14-12-20/h1-10,17,19,22H,11-14H2/t17-,19+/m0/s1. The summed E-state index contributed by atoms with van der Waals surface area (Å²) in [6.07, 6.45) is -1.10. The number of rotatable bonds is 5. The van der Waals surface area contributed by atoms with E-state index in [9.17, 15) is 9.90 Å². The normalized spacial score (nSPS) is 18.3. The molecule has 2 aromatic rings. The van der Waals surface area contributed by atoms with Gasteiger partial charge >= 0.3 is 0 Å². The van der Waals surface area contributed by atoms with Gasteiger partial charge in [-0.1, -0.05) is 60.7 Å². The Bertz CT molecular complexity index is 624. The smallest absolute Gasteiger partial charge is 0.193 e. The van der Waals surface area contributed by atoms with Gasteiger partial charge < -0.3 is 9.84 Å². The van der Waals surface area contributed by atoms with E-state index in [0.29, 0.717) is 31.9 Å². The van der Waals surface area contributed by atoms with Crippen molar-refractivity contribution in [1.82, 2.24) is 4.90 Å². The minimum Gasteiger partial charge on any atom is -0.383 e. The fourth-order valence-electron chi connectivity index (χ4n) is 3.02. The molecule has 1 aliphatic rings. The van der Waals surface area contributed by atoms with Gasteiger partial charge in [0, 0.05) is 18.7 Å². The van der Waals surface area contributed by atoms with Crippen LogP contribution < -0.4 is 0 Å². The van der Waals surface area contributed by atoms with Crippen molar-refractivity contribution in [3.8, 4) is 0 Å². The summed E-state index contributed by atoms with van der Waals surface area (Å²) in [7, 11) is 0. The summed E-state index contributed by atoms with van der Waals surface area (Å²) in [5, 5.41) is 10.8. The molecule has 0 spiro atoms. The van der Waals surface area contributed by atoms with E-state index in [1.165, 1.54) is 0 Å². The van der Waals surface area contributed by atoms with E-state index in [4.69, 9.17) is 4.74 Å². The minimum absolute atomic E-state index is 0.244. The summed E-state index contributed by atoms with van der Waals surface area (Å²) < 4.78 is 5.40. The molecule has 23 heavy (non-hydrogen) atoms. The number of hydrogen-bond donors (Lipinski definition) is 1. The van der Waals surface area contributed by atoms with E-state index in [2.05, 4.69) is 4.90 Å². The van der Waals surface area contributed by atoms with Crippen molar-refractivity contribution in [2.24, 2.45) is 0 Å². The Labute approximate surface area is 136 Å². The first kappa shape index (κ1) is 15.9. The van der Waals surface area contributed by atoms with E-state index >= 15 is 0 Å². The Kier molecular flexibility index (Phi) is 5.18. The Morgan fingerprint density at radius 1 is 0.957 bits per heavy atom. The predicted molar refractivity (Wildman–Crippen MR) is 88.4 cm³/mol. The lowest BCUT2D eigenvalue weighted by Gasteiger charge is -2.37. The summed E-state index contributed by atoms with van der Waals surface area (Å²) in [6, 6.07) is 18.3. The van der Waals surface area contributed by atoms with Gasteiger partial charge in [0.05, 0.1) is 19.3 Å². The van der Waals surface area contributed by atoms with Crippen molar-refractivity contribution in [1.29, 1.82) is 0 Å². The van der Waals surface area contributed by atoms with Crippen LogP contribution in [-0.4, -0.2) is 48.2 Å². The lowest BCUT2D eigenvalue weighted by molar-refractivity contribution is -0.0172. The number of aliphatic hydroxyl groups excluding tert-OH is 1. The van der Waals surface area contributed by atoms with Crippen LogP contribution >= 0.6 is 0 Å². The quantitative estimate of drug-likeness (QED) is 0.861. The van der Waals surface area contributed by atoms with Gasteiger partial charge in [-0.25, -0.2) is 0 Å². The molecular weight excluding hydrogens is 290 g/mol. The van der Waals surface area contributed by atoms with Gasteiger partial charge in [-0.2, -0.15) is 0 Å². The highest BCUT2D eigenvalue weighted by atomic mass is 16.5. The first-order valence-electron chi connectivity index (χ1n) is 7.91. The van der Waals surface area contributed by atoms with E-state index in [-0.39, 0.29) is 11.8 Å². The minimum atomic E-state index is -1.10. The summed E-state index contributed by atoms with van der Waals surface area (Å²) in [6.45, 7) is 2.66. The van der Waals surface area contributed by atoms with Crippen LogP contribution in [0.15, 0.2) is 60.7 Å². The molecule has 4 nitrogen and oxygen atoms in total. The highest BCUT2D eigenvalue weighted by Gasteiger charge is 2.33. The maximum absolute atomic E-state index is 12.7. The third-order valence-corrected chi connectivity index (χ3v) is 4.21. The fraction of sp³-hybridized carbons (Fsp3) is 0.316. The number of benzene rings is 2. The van der Waals surface area contributed by atoms with Crippen molar-refractivity contribution in [2.45, 2.75) is 12.1 Å². The van der Waals surface area contributed by atoms with E-state index in [1.807, 2.05) is 48.5 Å². The average Bonchev–Trinajstić information content (AvgIpc) is 2.64. The number of aliphatic hydroxyl groups is 1. The van der Waals surface area contributed by atoms with Gasteiger partial charge in [0.2, 0.25) is 0 Å². The second-order valence-electron chi connectivity index (χ2n) is 5.68. The Morgan fingerprint density at radius 3 is 2.13 bits per heavy atom. The zero-order valence-electron chi connectivity index (χ0n) is 13.0. The highest BCUT2D eigenvalue weighted by Crippen LogP contribution is 2.27. The molecule has 1 fully saturated rings. The first-order valence-corrected chi connectivity index (χ1v) is 7.91. The molecule has 0 unspecified atom stereocenters. The number of nitrogens with zero attached hydrogens (tertiary/aromatic N) is 1. The summed E-state index contributed by atoms with van der Waals surface area (Å²) in [5.41, 5.74) is 1.49. The SMILES string of the molecule is O=C(c1ccccc1)[C@H](O)[C@H](c1ccccc1)N1CCOCC1. The van der Waals surface area contributed by atoms with E-state index in [0.717, 1.165) is 5.56 Å². The Hall–Kier alpha value is -2.01.